The number of hydrogen-bond acceptors (Lipinski definition) is 6. The number of fused-ring (bicyclic) bond motifs is 16. The summed E-state index contributed by atoms with van der Waals surface area (Å²) < 4.78 is 4.69. The fourth-order valence-corrected chi connectivity index (χ4v) is 11.2. The summed E-state index contributed by atoms with van der Waals surface area (Å²) in [6, 6.07) is 42.6. The Hall–Kier alpha value is -6.00. The van der Waals surface area contributed by atoms with Crippen LogP contribution in [0, 0.1) is 0 Å². The summed E-state index contributed by atoms with van der Waals surface area (Å²) in [6.07, 6.45) is 0. The second-order valence-electron chi connectivity index (χ2n) is 12.6. The first-order valence-electron chi connectivity index (χ1n) is 16.1. The van der Waals surface area contributed by atoms with Gasteiger partial charge in [-0.1, -0.05) is 0 Å². The molecule has 2 radical (unpaired) electrons. The Morgan fingerprint density at radius 1 is 0.347 bits per heavy atom. The zero-order chi connectivity index (χ0) is 31.8. The van der Waals surface area contributed by atoms with Crippen molar-refractivity contribution < 1.29 is 0 Å². The molecular weight excluding hydrogens is 711 g/mol. The molecule has 0 aliphatic carbocycles. The van der Waals surface area contributed by atoms with Gasteiger partial charge in [0.15, 0.2) is 0 Å². The van der Waals surface area contributed by atoms with Crippen molar-refractivity contribution in [1.82, 2.24) is 5.58 Å². The zero-order valence-corrected chi connectivity index (χ0v) is 28.5. The van der Waals surface area contributed by atoms with Gasteiger partial charge in [-0.25, -0.2) is 0 Å². The number of hydrogen-bond donors (Lipinski definition) is 0. The molecule has 6 bridgehead atoms. The quantitative estimate of drug-likeness (QED) is 0.122. The molecule has 0 saturated heterocycles. The molecule has 6 aromatic carbocycles. The summed E-state index contributed by atoms with van der Waals surface area (Å²) in [5, 5.41) is 8.86. The van der Waals surface area contributed by atoms with Crippen molar-refractivity contribution >= 4 is 99.8 Å². The molecule has 0 spiro atoms. The van der Waals surface area contributed by atoms with Crippen LogP contribution in [0.25, 0.3) is 43.1 Å². The SMILES string of the molecule is c1ccc2c(c1)C1=NC2=Nc2c3ccccc3c3[n]2[Sn][n]2c(c4ccccc4c2=NC2=NC(=N3)c3cc4cc5ccccc5cc4cc32)=N1. The third-order valence-electron chi connectivity index (χ3n) is 9.87. The van der Waals surface area contributed by atoms with Crippen molar-refractivity contribution in [3.63, 3.8) is 0 Å². The van der Waals surface area contributed by atoms with Crippen LogP contribution < -0.4 is 11.0 Å². The van der Waals surface area contributed by atoms with Crippen molar-refractivity contribution in [3.8, 4) is 0 Å². The van der Waals surface area contributed by atoms with Gasteiger partial charge in [0.25, 0.3) is 0 Å². The molecule has 12 rings (SSSR count). The van der Waals surface area contributed by atoms with Crippen molar-refractivity contribution in [2.45, 2.75) is 0 Å². The van der Waals surface area contributed by atoms with Crippen LogP contribution in [-0.4, -0.2) is 50.6 Å². The number of rotatable bonds is 0. The number of aliphatic imine (C=N–C) groups is 4. The molecule has 4 aliphatic heterocycles. The van der Waals surface area contributed by atoms with Crippen molar-refractivity contribution in [2.75, 3.05) is 0 Å². The Morgan fingerprint density at radius 3 is 1.33 bits per heavy atom. The van der Waals surface area contributed by atoms with Gasteiger partial charge in [-0.05, 0) is 0 Å². The molecule has 8 aromatic rings. The second-order valence-corrected chi connectivity index (χ2v) is 15.7. The van der Waals surface area contributed by atoms with E-state index < -0.39 is 21.7 Å². The van der Waals surface area contributed by atoms with Crippen LogP contribution in [0.3, 0.4) is 0 Å². The summed E-state index contributed by atoms with van der Waals surface area (Å²) >= 11 is -1.82. The minimum atomic E-state index is -1.82. The number of benzene rings is 6. The number of amidine groups is 4. The molecule has 9 heteroatoms. The van der Waals surface area contributed by atoms with E-state index in [4.69, 9.17) is 30.0 Å². The van der Waals surface area contributed by atoms with Crippen LogP contribution in [0.15, 0.2) is 151 Å². The molecule has 0 N–H and O–H groups in total. The summed E-state index contributed by atoms with van der Waals surface area (Å²) in [5.74, 6) is 4.40. The predicted molar refractivity (Wildman–Crippen MR) is 196 cm³/mol. The first-order valence-corrected chi connectivity index (χ1v) is 18.7. The molecule has 0 unspecified atom stereocenters. The van der Waals surface area contributed by atoms with Crippen LogP contribution in [0.2, 0.25) is 0 Å². The molecule has 0 saturated carbocycles. The first kappa shape index (κ1) is 26.0. The molecule has 4 aliphatic rings. The van der Waals surface area contributed by atoms with Crippen LogP contribution in [-0.2, 0) is 0 Å². The molecular formula is C40H20N8Sn. The minimum absolute atomic E-state index is 0.666. The molecule has 0 atom stereocenters. The van der Waals surface area contributed by atoms with Gasteiger partial charge < -0.3 is 0 Å². The van der Waals surface area contributed by atoms with Crippen LogP contribution in [0.1, 0.15) is 22.3 Å². The summed E-state index contributed by atoms with van der Waals surface area (Å²) in [6.45, 7) is 0. The fourth-order valence-electron chi connectivity index (χ4n) is 7.58. The van der Waals surface area contributed by atoms with Gasteiger partial charge in [0, 0.05) is 0 Å². The van der Waals surface area contributed by atoms with Crippen LogP contribution in [0.5, 0.6) is 0 Å². The summed E-state index contributed by atoms with van der Waals surface area (Å²) in [7, 11) is 0. The van der Waals surface area contributed by atoms with Crippen LogP contribution >= 0.6 is 0 Å². The van der Waals surface area contributed by atoms with E-state index in [1.807, 2.05) is 12.1 Å². The Balaban J connectivity index is 1.28. The van der Waals surface area contributed by atoms with E-state index in [-0.39, 0.29) is 0 Å². The maximum absolute atomic E-state index is 5.43. The standard InChI is InChI=1S/C40H20N8.Sn/c1-2-10-22-18-24-20-32-31(19-23(24)17-21(22)9-1)39-46-37-29-15-7-5-13-27(29)35(44-37)42-33-25-11-3-4-12-26(25)34(41-33)43-36-28-14-6-8-16-30(28)38(45-36)47-40(32)48-39;/h1-20H;/q-2;+2. The summed E-state index contributed by atoms with van der Waals surface area (Å²) in [5.41, 5.74) is 5.64. The van der Waals surface area contributed by atoms with E-state index in [1.165, 1.54) is 10.8 Å². The summed E-state index contributed by atoms with van der Waals surface area (Å²) in [4.78, 5) is 31.8. The van der Waals surface area contributed by atoms with Gasteiger partial charge in [-0.15, -0.1) is 0 Å². The third-order valence-corrected chi connectivity index (χ3v) is 13.4. The van der Waals surface area contributed by atoms with Crippen molar-refractivity contribution in [2.24, 2.45) is 30.0 Å². The van der Waals surface area contributed by atoms with E-state index in [1.54, 1.807) is 0 Å². The van der Waals surface area contributed by atoms with E-state index in [2.05, 4.69) is 115 Å². The van der Waals surface area contributed by atoms with Gasteiger partial charge in [-0.2, -0.15) is 0 Å². The number of nitrogens with zero attached hydrogens (tertiary/aromatic N) is 8. The molecule has 0 amide bonds. The Bertz CT molecular complexity index is 3140. The van der Waals surface area contributed by atoms with Gasteiger partial charge in [0.05, 0.1) is 0 Å². The van der Waals surface area contributed by atoms with E-state index in [0.29, 0.717) is 23.3 Å². The zero-order valence-electron chi connectivity index (χ0n) is 25.6. The average molecular weight is 731 g/mol. The fraction of sp³-hybridized carbons (Fsp3) is 0. The maximum atomic E-state index is 5.43. The molecule has 224 valence electrons. The van der Waals surface area contributed by atoms with E-state index >= 15 is 0 Å². The topological polar surface area (TPSA) is 84.0 Å². The average Bonchev–Trinajstić information content (AvgIpc) is 3.83. The molecule has 49 heavy (non-hydrogen) atoms. The molecule has 0 fully saturated rings. The third kappa shape index (κ3) is 3.53. The first-order chi connectivity index (χ1) is 24.2. The van der Waals surface area contributed by atoms with Crippen molar-refractivity contribution in [1.29, 1.82) is 0 Å². The number of aromatic nitrogens is 2. The van der Waals surface area contributed by atoms with Gasteiger partial charge in [0.2, 0.25) is 0 Å². The van der Waals surface area contributed by atoms with Crippen molar-refractivity contribution in [3.05, 3.63) is 155 Å². The van der Waals surface area contributed by atoms with E-state index in [9.17, 15) is 0 Å². The van der Waals surface area contributed by atoms with Gasteiger partial charge >= 0.3 is 290 Å². The molecule has 8 nitrogen and oxygen atoms in total. The Morgan fingerprint density at radius 2 is 0.776 bits per heavy atom. The molecule has 2 aromatic heterocycles. The van der Waals surface area contributed by atoms with E-state index in [0.717, 1.165) is 77.2 Å². The van der Waals surface area contributed by atoms with Gasteiger partial charge in [-0.3, -0.25) is 0 Å². The second kappa shape index (κ2) is 9.33. The molecule has 6 heterocycles. The van der Waals surface area contributed by atoms with Gasteiger partial charge in [0.1, 0.15) is 0 Å². The normalized spacial score (nSPS) is 15.3. The van der Waals surface area contributed by atoms with Crippen LogP contribution in [0.4, 0.5) is 11.6 Å². The monoisotopic (exact) mass is 732 g/mol. The predicted octanol–water partition coefficient (Wildman–Crippen LogP) is 6.78. The Kier molecular flexibility index (Phi) is 4.95. The Labute approximate surface area is 288 Å².